The van der Waals surface area contributed by atoms with Crippen molar-refractivity contribution < 1.29 is 9.53 Å². The fourth-order valence-corrected chi connectivity index (χ4v) is 2.72. The third-order valence-corrected chi connectivity index (χ3v) is 4.39. The van der Waals surface area contributed by atoms with E-state index < -0.39 is 6.10 Å². The zero-order chi connectivity index (χ0) is 18.6. The monoisotopic (exact) mass is 339 g/mol. The molecule has 3 nitrogen and oxygen atoms in total. The summed E-state index contributed by atoms with van der Waals surface area (Å²) in [5.74, 6) is 0.569. The molecule has 2 aromatic carbocycles. The molecule has 25 heavy (non-hydrogen) atoms. The Bertz CT molecular complexity index is 727. The van der Waals surface area contributed by atoms with Gasteiger partial charge in [-0.3, -0.25) is 4.79 Å². The van der Waals surface area contributed by atoms with E-state index in [1.807, 2.05) is 37.3 Å². The van der Waals surface area contributed by atoms with E-state index in [1.54, 1.807) is 6.92 Å². The average Bonchev–Trinajstić information content (AvgIpc) is 2.56. The molecule has 0 heterocycles. The van der Waals surface area contributed by atoms with Crippen LogP contribution in [-0.2, 0) is 16.6 Å². The molecular formula is C22H29NO2. The lowest BCUT2D eigenvalue weighted by molar-refractivity contribution is -0.122. The number of carbonyl (C=O) groups is 1. The summed E-state index contributed by atoms with van der Waals surface area (Å²) >= 11 is 0. The van der Waals surface area contributed by atoms with Crippen LogP contribution in [0.1, 0.15) is 51.3 Å². The number of hydrogen-bond donors (Lipinski definition) is 1. The summed E-state index contributed by atoms with van der Waals surface area (Å²) in [4.78, 5) is 12.5. The van der Waals surface area contributed by atoms with Crippen LogP contribution in [-0.4, -0.2) is 12.0 Å². The van der Waals surface area contributed by atoms with Crippen molar-refractivity contribution in [3.8, 4) is 5.75 Å². The van der Waals surface area contributed by atoms with Crippen LogP contribution in [0.25, 0.3) is 0 Å². The van der Waals surface area contributed by atoms with Crippen LogP contribution < -0.4 is 10.1 Å². The molecule has 1 atom stereocenters. The highest BCUT2D eigenvalue weighted by molar-refractivity contribution is 5.95. The first-order chi connectivity index (χ1) is 11.7. The summed E-state index contributed by atoms with van der Waals surface area (Å²) in [5, 5.41) is 3.02. The third-order valence-electron chi connectivity index (χ3n) is 4.39. The van der Waals surface area contributed by atoms with Crippen molar-refractivity contribution in [3.63, 3.8) is 0 Å². The van der Waals surface area contributed by atoms with Gasteiger partial charge in [0.1, 0.15) is 5.75 Å². The Hall–Kier alpha value is -2.29. The second kappa shape index (κ2) is 7.73. The number of nitrogens with one attached hydrogen (secondary N) is 1. The molecule has 0 spiro atoms. The SMILES string of the molecule is CCc1cccc(C)c1NC(=O)C(C)Oc1ccc(C(C)(C)C)cc1. The Balaban J connectivity index is 2.06. The number of amides is 1. The van der Waals surface area contributed by atoms with Gasteiger partial charge in [0, 0.05) is 5.69 Å². The van der Waals surface area contributed by atoms with Gasteiger partial charge in [-0.05, 0) is 54.5 Å². The van der Waals surface area contributed by atoms with E-state index in [9.17, 15) is 4.79 Å². The normalized spacial score (nSPS) is 12.6. The number of aryl methyl sites for hydroxylation is 2. The van der Waals surface area contributed by atoms with Crippen LogP contribution >= 0.6 is 0 Å². The quantitative estimate of drug-likeness (QED) is 0.807. The molecule has 0 fully saturated rings. The Labute approximate surface area is 151 Å². The first-order valence-electron chi connectivity index (χ1n) is 8.89. The fraction of sp³-hybridized carbons (Fsp3) is 0.409. The molecule has 3 heteroatoms. The van der Waals surface area contributed by atoms with Gasteiger partial charge in [-0.25, -0.2) is 0 Å². The second-order valence-electron chi connectivity index (χ2n) is 7.49. The van der Waals surface area contributed by atoms with Gasteiger partial charge in [0.15, 0.2) is 6.10 Å². The van der Waals surface area contributed by atoms with Gasteiger partial charge in [-0.2, -0.15) is 0 Å². The molecule has 0 saturated carbocycles. The summed E-state index contributed by atoms with van der Waals surface area (Å²) in [5.41, 5.74) is 4.44. The van der Waals surface area contributed by atoms with Gasteiger partial charge in [-0.15, -0.1) is 0 Å². The number of benzene rings is 2. The van der Waals surface area contributed by atoms with Crippen molar-refractivity contribution in [1.29, 1.82) is 0 Å². The summed E-state index contributed by atoms with van der Waals surface area (Å²) < 4.78 is 5.82. The Morgan fingerprint density at radius 3 is 2.32 bits per heavy atom. The standard InChI is InChI=1S/C22H29NO2/c1-7-17-10-8-9-15(2)20(17)23-21(24)16(3)25-19-13-11-18(12-14-19)22(4,5)6/h8-14,16H,7H2,1-6H3,(H,23,24). The maximum Gasteiger partial charge on any atom is 0.265 e. The zero-order valence-corrected chi connectivity index (χ0v) is 16.1. The molecule has 134 valence electrons. The minimum atomic E-state index is -0.565. The molecule has 0 saturated heterocycles. The highest BCUT2D eigenvalue weighted by Crippen LogP contribution is 2.25. The van der Waals surface area contributed by atoms with E-state index in [-0.39, 0.29) is 11.3 Å². The molecule has 0 bridgehead atoms. The Morgan fingerprint density at radius 1 is 1.12 bits per heavy atom. The maximum atomic E-state index is 12.5. The smallest absolute Gasteiger partial charge is 0.265 e. The van der Waals surface area contributed by atoms with Crippen LogP contribution in [0.15, 0.2) is 42.5 Å². The number of anilines is 1. The van der Waals surface area contributed by atoms with E-state index in [0.29, 0.717) is 5.75 Å². The Kier molecular flexibility index (Phi) is 5.89. The molecule has 0 aliphatic heterocycles. The summed E-state index contributed by atoms with van der Waals surface area (Å²) in [6, 6.07) is 14.0. The van der Waals surface area contributed by atoms with Crippen molar-refractivity contribution in [2.24, 2.45) is 0 Å². The molecule has 2 aromatic rings. The molecule has 1 amide bonds. The van der Waals surface area contributed by atoms with Gasteiger partial charge >= 0.3 is 0 Å². The first-order valence-corrected chi connectivity index (χ1v) is 8.89. The number of carbonyl (C=O) groups excluding carboxylic acids is 1. The number of rotatable bonds is 5. The van der Waals surface area contributed by atoms with Gasteiger partial charge in [0.25, 0.3) is 5.91 Å². The zero-order valence-electron chi connectivity index (χ0n) is 16.1. The number of ether oxygens (including phenoxy) is 1. The van der Waals surface area contributed by atoms with E-state index in [1.165, 1.54) is 5.56 Å². The summed E-state index contributed by atoms with van der Waals surface area (Å²) in [6.07, 6.45) is 0.311. The Morgan fingerprint density at radius 2 is 1.76 bits per heavy atom. The van der Waals surface area contributed by atoms with E-state index >= 15 is 0 Å². The van der Waals surface area contributed by atoms with Crippen LogP contribution in [0, 0.1) is 6.92 Å². The van der Waals surface area contributed by atoms with Crippen molar-refractivity contribution in [1.82, 2.24) is 0 Å². The predicted octanol–water partition coefficient (Wildman–Crippen LogP) is 5.26. The lowest BCUT2D eigenvalue weighted by atomic mass is 9.87. The molecular weight excluding hydrogens is 310 g/mol. The maximum absolute atomic E-state index is 12.5. The van der Waals surface area contributed by atoms with Gasteiger partial charge in [-0.1, -0.05) is 58.0 Å². The fourth-order valence-electron chi connectivity index (χ4n) is 2.72. The molecule has 0 radical (unpaired) electrons. The summed E-state index contributed by atoms with van der Waals surface area (Å²) in [7, 11) is 0. The lowest BCUT2D eigenvalue weighted by Gasteiger charge is -2.20. The van der Waals surface area contributed by atoms with Gasteiger partial charge in [0.05, 0.1) is 0 Å². The van der Waals surface area contributed by atoms with E-state index in [2.05, 4.69) is 45.1 Å². The third kappa shape index (κ3) is 4.85. The second-order valence-corrected chi connectivity index (χ2v) is 7.49. The average molecular weight is 339 g/mol. The molecule has 0 aliphatic rings. The van der Waals surface area contributed by atoms with E-state index in [4.69, 9.17) is 4.74 Å². The topological polar surface area (TPSA) is 38.3 Å². The van der Waals surface area contributed by atoms with Crippen molar-refractivity contribution in [2.75, 3.05) is 5.32 Å². The lowest BCUT2D eigenvalue weighted by Crippen LogP contribution is -2.30. The largest absolute Gasteiger partial charge is 0.481 e. The van der Waals surface area contributed by atoms with Crippen LogP contribution in [0.2, 0.25) is 0 Å². The number of para-hydroxylation sites is 1. The highest BCUT2D eigenvalue weighted by atomic mass is 16.5. The van der Waals surface area contributed by atoms with Crippen LogP contribution in [0.3, 0.4) is 0 Å². The van der Waals surface area contributed by atoms with Crippen molar-refractivity contribution >= 4 is 11.6 Å². The van der Waals surface area contributed by atoms with Crippen molar-refractivity contribution in [3.05, 3.63) is 59.2 Å². The van der Waals surface area contributed by atoms with Crippen LogP contribution in [0.5, 0.6) is 5.75 Å². The first kappa shape index (κ1) is 19.0. The van der Waals surface area contributed by atoms with Gasteiger partial charge < -0.3 is 10.1 Å². The molecule has 1 N–H and O–H groups in total. The highest BCUT2D eigenvalue weighted by Gasteiger charge is 2.18. The minimum absolute atomic E-state index is 0.100. The predicted molar refractivity (Wildman–Crippen MR) is 104 cm³/mol. The molecule has 0 aliphatic carbocycles. The van der Waals surface area contributed by atoms with Crippen LogP contribution in [0.4, 0.5) is 5.69 Å². The molecule has 0 aromatic heterocycles. The van der Waals surface area contributed by atoms with Crippen molar-refractivity contribution in [2.45, 2.75) is 59.5 Å². The molecule has 1 unspecified atom stereocenters. The van der Waals surface area contributed by atoms with E-state index in [0.717, 1.165) is 23.2 Å². The number of hydrogen-bond acceptors (Lipinski definition) is 2. The van der Waals surface area contributed by atoms with Gasteiger partial charge in [0.2, 0.25) is 0 Å². The summed E-state index contributed by atoms with van der Waals surface area (Å²) in [6.45, 7) is 12.4. The minimum Gasteiger partial charge on any atom is -0.481 e. The molecule has 2 rings (SSSR count).